The van der Waals surface area contributed by atoms with E-state index in [1.165, 1.54) is 18.5 Å². The number of nitrogens with one attached hydrogen (secondary N) is 2. The Hall–Kier alpha value is -4.53. The third kappa shape index (κ3) is 9.04. The molecule has 0 radical (unpaired) electrons. The second-order valence-electron chi connectivity index (χ2n) is 9.69. The average molecular weight is 544 g/mol. The summed E-state index contributed by atoms with van der Waals surface area (Å²) in [6, 6.07) is 15.4. The van der Waals surface area contributed by atoms with Crippen LogP contribution in [0.2, 0.25) is 0 Å². The van der Waals surface area contributed by atoms with Crippen molar-refractivity contribution in [1.82, 2.24) is 15.6 Å². The standard InChI is InChI=1S/C31H33N3O6/c35-28-7-5-3-1-2-4-6-8-29(36)40-27-15-11-23(12-16-27)19-34-31(38)25-17-24(20-32-21-25)30(37)33-18-22-9-13-26(39-28)14-10-22/h9-17,20-21H,1-8,18-19H2,(H,33,37)(H,34,38). The summed E-state index contributed by atoms with van der Waals surface area (Å²) in [5, 5.41) is 5.63. The summed E-state index contributed by atoms with van der Waals surface area (Å²) in [6.45, 7) is 0.517. The molecule has 3 aromatic rings. The molecule has 0 spiro atoms. The van der Waals surface area contributed by atoms with Crippen LogP contribution in [0.5, 0.6) is 11.5 Å². The highest BCUT2D eigenvalue weighted by Gasteiger charge is 2.12. The lowest BCUT2D eigenvalue weighted by molar-refractivity contribution is -0.135. The van der Waals surface area contributed by atoms with Crippen molar-refractivity contribution in [2.75, 3.05) is 0 Å². The fraction of sp³-hybridized carbons (Fsp3) is 0.323. The Morgan fingerprint density at radius 3 is 1.38 bits per heavy atom. The molecule has 5 heterocycles. The van der Waals surface area contributed by atoms with Gasteiger partial charge in [-0.15, -0.1) is 0 Å². The number of carbonyl (C=O) groups excluding carboxylic acids is 4. The number of aromatic nitrogens is 1. The fourth-order valence-electron chi connectivity index (χ4n) is 4.22. The molecule has 1 aromatic heterocycles. The van der Waals surface area contributed by atoms with E-state index in [4.69, 9.17) is 9.47 Å². The Morgan fingerprint density at radius 1 is 0.550 bits per heavy atom. The third-order valence-corrected chi connectivity index (χ3v) is 6.49. The van der Waals surface area contributed by atoms with Crippen LogP contribution in [0.1, 0.15) is 83.2 Å². The monoisotopic (exact) mass is 543 g/mol. The minimum absolute atomic E-state index is 0.258. The molecule has 0 saturated heterocycles. The maximum atomic E-state index is 12.7. The zero-order chi connectivity index (χ0) is 28.2. The predicted octanol–water partition coefficient (Wildman–Crippen LogP) is 4.89. The molecule has 9 heteroatoms. The zero-order valence-corrected chi connectivity index (χ0v) is 22.3. The van der Waals surface area contributed by atoms with E-state index >= 15 is 0 Å². The Kier molecular flexibility index (Phi) is 10.4. The van der Waals surface area contributed by atoms with E-state index in [0.717, 1.165) is 49.7 Å². The molecule has 4 aliphatic heterocycles. The summed E-state index contributed by atoms with van der Waals surface area (Å²) in [4.78, 5) is 53.7. The Bertz CT molecular complexity index is 1220. The molecule has 40 heavy (non-hydrogen) atoms. The molecular weight excluding hydrogens is 510 g/mol. The lowest BCUT2D eigenvalue weighted by Crippen LogP contribution is -2.25. The number of nitrogens with zero attached hydrogens (tertiary/aromatic N) is 1. The highest BCUT2D eigenvalue weighted by Crippen LogP contribution is 2.17. The zero-order valence-electron chi connectivity index (χ0n) is 22.3. The number of carbonyl (C=O) groups is 4. The quantitative estimate of drug-likeness (QED) is 0.306. The summed E-state index contributed by atoms with van der Waals surface area (Å²) in [5.41, 5.74) is 2.18. The summed E-state index contributed by atoms with van der Waals surface area (Å²) in [5.74, 6) is -0.393. The lowest BCUT2D eigenvalue weighted by atomic mass is 10.1. The van der Waals surface area contributed by atoms with Gasteiger partial charge in [0.2, 0.25) is 0 Å². The first-order chi connectivity index (χ1) is 19.5. The number of rotatable bonds is 0. The SMILES string of the molecule is O=C1CCCCCCCCC(=O)Oc2ccc(cc2)CNC(=O)c2cncc(c2)C(=O)NCc2ccc(cc2)O1. The van der Waals surface area contributed by atoms with Crippen LogP contribution in [0.3, 0.4) is 0 Å². The van der Waals surface area contributed by atoms with Crippen molar-refractivity contribution in [2.45, 2.75) is 64.5 Å². The van der Waals surface area contributed by atoms with Crippen molar-refractivity contribution in [3.63, 3.8) is 0 Å². The number of benzene rings is 2. The normalized spacial score (nSPS) is 16.5. The van der Waals surface area contributed by atoms with Crippen LogP contribution < -0.4 is 20.1 Å². The molecule has 0 fully saturated rings. The number of amides is 2. The largest absolute Gasteiger partial charge is 0.427 e. The molecule has 2 amide bonds. The third-order valence-electron chi connectivity index (χ3n) is 6.49. The minimum atomic E-state index is -0.369. The van der Waals surface area contributed by atoms with Gasteiger partial charge >= 0.3 is 11.9 Å². The Labute approximate surface area is 233 Å². The van der Waals surface area contributed by atoms with Gasteiger partial charge in [-0.05, 0) is 54.3 Å². The minimum Gasteiger partial charge on any atom is -0.427 e. The van der Waals surface area contributed by atoms with E-state index in [-0.39, 0.29) is 48.0 Å². The van der Waals surface area contributed by atoms with E-state index in [2.05, 4.69) is 15.6 Å². The smallest absolute Gasteiger partial charge is 0.311 e. The topological polar surface area (TPSA) is 124 Å². The number of esters is 2. The molecule has 0 saturated carbocycles. The molecule has 9 nitrogen and oxygen atoms in total. The summed E-state index contributed by atoms with van der Waals surface area (Å²) in [7, 11) is 0. The van der Waals surface area contributed by atoms with Gasteiger partial charge in [0.25, 0.3) is 11.8 Å². The van der Waals surface area contributed by atoms with Gasteiger partial charge in [0.05, 0.1) is 11.1 Å². The van der Waals surface area contributed by atoms with Crippen LogP contribution in [-0.2, 0) is 22.7 Å². The lowest BCUT2D eigenvalue weighted by Gasteiger charge is -2.09. The molecule has 0 aliphatic carbocycles. The van der Waals surface area contributed by atoms with Crippen molar-refractivity contribution in [2.24, 2.45) is 0 Å². The molecule has 0 unspecified atom stereocenters. The second-order valence-corrected chi connectivity index (χ2v) is 9.69. The summed E-state index contributed by atoms with van der Waals surface area (Å²) < 4.78 is 10.8. The maximum absolute atomic E-state index is 12.7. The maximum Gasteiger partial charge on any atom is 0.311 e. The van der Waals surface area contributed by atoms with E-state index in [1.54, 1.807) is 48.5 Å². The second kappa shape index (κ2) is 14.6. The van der Waals surface area contributed by atoms with Crippen LogP contribution in [0, 0.1) is 0 Å². The Morgan fingerprint density at radius 2 is 0.950 bits per heavy atom. The van der Waals surface area contributed by atoms with Gasteiger partial charge in [0, 0.05) is 38.3 Å². The molecule has 208 valence electrons. The van der Waals surface area contributed by atoms with Gasteiger partial charge in [-0.1, -0.05) is 49.9 Å². The van der Waals surface area contributed by atoms with Gasteiger partial charge in [0.15, 0.2) is 0 Å². The van der Waals surface area contributed by atoms with Crippen LogP contribution in [0.25, 0.3) is 0 Å². The predicted molar refractivity (Wildman–Crippen MR) is 148 cm³/mol. The van der Waals surface area contributed by atoms with Gasteiger partial charge in [-0.25, -0.2) is 0 Å². The van der Waals surface area contributed by atoms with Crippen molar-refractivity contribution < 1.29 is 28.7 Å². The van der Waals surface area contributed by atoms with Gasteiger partial charge in [0.1, 0.15) is 11.5 Å². The number of hydrogen-bond acceptors (Lipinski definition) is 7. The number of ether oxygens (including phenoxy) is 2. The van der Waals surface area contributed by atoms with Crippen molar-refractivity contribution in [3.8, 4) is 11.5 Å². The number of pyridine rings is 1. The fourth-order valence-corrected chi connectivity index (χ4v) is 4.22. The first kappa shape index (κ1) is 28.5. The van der Waals surface area contributed by atoms with Crippen molar-refractivity contribution in [3.05, 3.63) is 89.2 Å². The van der Waals surface area contributed by atoms with Crippen LogP contribution in [0.4, 0.5) is 0 Å². The van der Waals surface area contributed by atoms with E-state index in [1.807, 2.05) is 0 Å². The Balaban J connectivity index is 1.41. The van der Waals surface area contributed by atoms with Gasteiger partial charge in [-0.3, -0.25) is 24.2 Å². The van der Waals surface area contributed by atoms with E-state index in [0.29, 0.717) is 24.3 Å². The average Bonchev–Trinajstić information content (AvgIpc) is 2.97. The molecule has 2 aromatic carbocycles. The van der Waals surface area contributed by atoms with E-state index < -0.39 is 0 Å². The van der Waals surface area contributed by atoms with E-state index in [9.17, 15) is 19.2 Å². The van der Waals surface area contributed by atoms with Crippen LogP contribution in [0.15, 0.2) is 67.0 Å². The molecule has 0 atom stereocenters. The molecule has 4 aliphatic rings. The van der Waals surface area contributed by atoms with Crippen LogP contribution >= 0.6 is 0 Å². The summed E-state index contributed by atoms with van der Waals surface area (Å²) in [6.07, 6.45) is 8.79. The highest BCUT2D eigenvalue weighted by molar-refractivity contribution is 5.99. The van der Waals surface area contributed by atoms with Crippen molar-refractivity contribution >= 4 is 23.8 Å². The first-order valence-corrected chi connectivity index (χ1v) is 13.6. The summed E-state index contributed by atoms with van der Waals surface area (Å²) >= 11 is 0. The van der Waals surface area contributed by atoms with Crippen LogP contribution in [-0.4, -0.2) is 28.7 Å². The van der Waals surface area contributed by atoms with Crippen molar-refractivity contribution in [1.29, 1.82) is 0 Å². The molecule has 6 bridgehead atoms. The highest BCUT2D eigenvalue weighted by atomic mass is 16.5. The first-order valence-electron chi connectivity index (χ1n) is 13.6. The molecule has 2 N–H and O–H groups in total. The molecule has 7 rings (SSSR count). The van der Waals surface area contributed by atoms with Gasteiger partial charge < -0.3 is 20.1 Å². The van der Waals surface area contributed by atoms with Gasteiger partial charge in [-0.2, -0.15) is 0 Å². The number of hydrogen-bond donors (Lipinski definition) is 2. The molecular formula is C31H33N3O6.